The Labute approximate surface area is 104 Å². The number of hydrogen-bond acceptors (Lipinski definition) is 4. The molecule has 0 spiro atoms. The first kappa shape index (κ1) is 14.5. The third-order valence-corrected chi connectivity index (χ3v) is 3.23. The van der Waals surface area contributed by atoms with E-state index in [1.165, 1.54) is 19.3 Å². The van der Waals surface area contributed by atoms with Crippen molar-refractivity contribution in [2.75, 3.05) is 13.2 Å². The fraction of sp³-hybridized carbons (Fsp3) is 0.923. The van der Waals surface area contributed by atoms with Gasteiger partial charge in [-0.05, 0) is 19.8 Å². The third-order valence-electron chi connectivity index (χ3n) is 3.23. The van der Waals surface area contributed by atoms with Gasteiger partial charge in [0.1, 0.15) is 5.54 Å². The minimum Gasteiger partial charge on any atom is -0.461 e. The zero-order valence-corrected chi connectivity index (χ0v) is 11.0. The van der Waals surface area contributed by atoms with E-state index in [0.29, 0.717) is 13.0 Å². The second-order valence-electron chi connectivity index (χ2n) is 5.02. The molecule has 100 valence electrons. The number of hydrogen-bond donors (Lipinski definition) is 1. The molecule has 0 amide bonds. The van der Waals surface area contributed by atoms with Crippen molar-refractivity contribution in [1.29, 1.82) is 0 Å². The van der Waals surface area contributed by atoms with Crippen LogP contribution >= 0.6 is 0 Å². The first-order valence-electron chi connectivity index (χ1n) is 6.66. The summed E-state index contributed by atoms with van der Waals surface area (Å²) in [4.78, 5) is 11.8. The predicted molar refractivity (Wildman–Crippen MR) is 66.7 cm³/mol. The summed E-state index contributed by atoms with van der Waals surface area (Å²) in [6.07, 6.45) is 6.22. The molecule has 0 bridgehead atoms. The van der Waals surface area contributed by atoms with Crippen molar-refractivity contribution in [2.24, 2.45) is 5.73 Å². The molecule has 1 saturated heterocycles. The van der Waals surface area contributed by atoms with E-state index in [-0.39, 0.29) is 18.7 Å². The molecule has 0 aliphatic carbocycles. The largest absolute Gasteiger partial charge is 0.461 e. The minimum absolute atomic E-state index is 0.0413. The van der Waals surface area contributed by atoms with Gasteiger partial charge in [-0.25, -0.2) is 4.79 Å². The molecule has 4 heteroatoms. The lowest BCUT2D eigenvalue weighted by Gasteiger charge is -2.22. The van der Waals surface area contributed by atoms with E-state index < -0.39 is 5.54 Å². The Morgan fingerprint density at radius 1 is 1.47 bits per heavy atom. The normalized spacial score (nSPS) is 25.8. The van der Waals surface area contributed by atoms with E-state index in [4.69, 9.17) is 15.2 Å². The van der Waals surface area contributed by atoms with E-state index in [1.807, 2.05) is 6.92 Å². The van der Waals surface area contributed by atoms with Crippen molar-refractivity contribution < 1.29 is 14.3 Å². The van der Waals surface area contributed by atoms with Crippen LogP contribution in [0.25, 0.3) is 0 Å². The third kappa shape index (κ3) is 4.64. The van der Waals surface area contributed by atoms with Crippen molar-refractivity contribution in [3.05, 3.63) is 0 Å². The Morgan fingerprint density at radius 2 is 2.24 bits per heavy atom. The maximum atomic E-state index is 11.8. The fourth-order valence-corrected chi connectivity index (χ4v) is 1.96. The maximum absolute atomic E-state index is 11.8. The topological polar surface area (TPSA) is 61.5 Å². The lowest BCUT2D eigenvalue weighted by molar-refractivity contribution is -0.155. The van der Waals surface area contributed by atoms with E-state index in [2.05, 4.69) is 6.92 Å². The molecule has 1 fully saturated rings. The van der Waals surface area contributed by atoms with Crippen LogP contribution in [0.2, 0.25) is 0 Å². The van der Waals surface area contributed by atoms with Crippen LogP contribution in [-0.4, -0.2) is 30.8 Å². The van der Waals surface area contributed by atoms with Crippen LogP contribution in [0.5, 0.6) is 0 Å². The number of ether oxygens (including phenoxy) is 2. The lowest BCUT2D eigenvalue weighted by Crippen LogP contribution is -2.50. The summed E-state index contributed by atoms with van der Waals surface area (Å²) in [6, 6.07) is 0. The Morgan fingerprint density at radius 3 is 2.82 bits per heavy atom. The molecule has 0 radical (unpaired) electrons. The molecule has 1 rings (SSSR count). The van der Waals surface area contributed by atoms with Crippen molar-refractivity contribution in [3.8, 4) is 0 Å². The van der Waals surface area contributed by atoms with Crippen LogP contribution in [-0.2, 0) is 14.3 Å². The number of nitrogens with two attached hydrogens (primary N) is 1. The SMILES string of the molecule is CCCCCCC(C)OC(=O)C1(N)CCOC1. The van der Waals surface area contributed by atoms with Gasteiger partial charge in [0, 0.05) is 13.0 Å². The van der Waals surface area contributed by atoms with Gasteiger partial charge in [-0.3, -0.25) is 0 Å². The Hall–Kier alpha value is -0.610. The summed E-state index contributed by atoms with van der Waals surface area (Å²) in [7, 11) is 0. The number of unbranched alkanes of at least 4 members (excludes halogenated alkanes) is 3. The second kappa shape index (κ2) is 6.97. The van der Waals surface area contributed by atoms with E-state index >= 15 is 0 Å². The van der Waals surface area contributed by atoms with E-state index in [9.17, 15) is 4.79 Å². The second-order valence-corrected chi connectivity index (χ2v) is 5.02. The lowest BCUT2D eigenvalue weighted by atomic mass is 10.0. The predicted octanol–water partition coefficient (Wildman–Crippen LogP) is 2.01. The van der Waals surface area contributed by atoms with Gasteiger partial charge in [-0.2, -0.15) is 0 Å². The number of rotatable bonds is 7. The van der Waals surface area contributed by atoms with E-state index in [1.54, 1.807) is 0 Å². The van der Waals surface area contributed by atoms with E-state index in [0.717, 1.165) is 12.8 Å². The Bertz CT molecular complexity index is 237. The molecule has 2 N–H and O–H groups in total. The van der Waals surface area contributed by atoms with Gasteiger partial charge < -0.3 is 15.2 Å². The zero-order valence-electron chi connectivity index (χ0n) is 11.0. The van der Waals surface area contributed by atoms with Crippen molar-refractivity contribution in [2.45, 2.75) is 64.0 Å². The highest BCUT2D eigenvalue weighted by Gasteiger charge is 2.40. The molecule has 0 aromatic carbocycles. The van der Waals surface area contributed by atoms with Gasteiger partial charge in [0.05, 0.1) is 12.7 Å². The van der Waals surface area contributed by atoms with Gasteiger partial charge in [-0.1, -0.05) is 26.2 Å². The highest BCUT2D eigenvalue weighted by molar-refractivity contribution is 5.81. The molecule has 1 heterocycles. The van der Waals surface area contributed by atoms with Crippen molar-refractivity contribution in [1.82, 2.24) is 0 Å². The van der Waals surface area contributed by atoms with Crippen molar-refractivity contribution in [3.63, 3.8) is 0 Å². The molecule has 2 atom stereocenters. The van der Waals surface area contributed by atoms with Gasteiger partial charge in [0.2, 0.25) is 0 Å². The average Bonchev–Trinajstić information content (AvgIpc) is 2.73. The summed E-state index contributed by atoms with van der Waals surface area (Å²) < 4.78 is 10.5. The summed E-state index contributed by atoms with van der Waals surface area (Å²) in [5, 5.41) is 0. The quantitative estimate of drug-likeness (QED) is 0.549. The molecule has 1 aliphatic heterocycles. The molecule has 0 aromatic heterocycles. The van der Waals surface area contributed by atoms with Gasteiger partial charge >= 0.3 is 5.97 Å². The molecule has 17 heavy (non-hydrogen) atoms. The van der Waals surface area contributed by atoms with Crippen LogP contribution in [0.1, 0.15) is 52.4 Å². The number of carbonyl (C=O) groups is 1. The minimum atomic E-state index is -0.905. The van der Waals surface area contributed by atoms with Crippen LogP contribution in [0.15, 0.2) is 0 Å². The van der Waals surface area contributed by atoms with Crippen LogP contribution in [0, 0.1) is 0 Å². The Balaban J connectivity index is 2.21. The summed E-state index contributed by atoms with van der Waals surface area (Å²) in [6.45, 7) is 4.95. The smallest absolute Gasteiger partial charge is 0.328 e. The molecular weight excluding hydrogens is 218 g/mol. The molecule has 4 nitrogen and oxygen atoms in total. The monoisotopic (exact) mass is 243 g/mol. The van der Waals surface area contributed by atoms with Gasteiger partial charge in [-0.15, -0.1) is 0 Å². The van der Waals surface area contributed by atoms with Gasteiger partial charge in [0.25, 0.3) is 0 Å². The fourth-order valence-electron chi connectivity index (χ4n) is 1.96. The maximum Gasteiger partial charge on any atom is 0.328 e. The molecule has 1 aliphatic rings. The van der Waals surface area contributed by atoms with Gasteiger partial charge in [0.15, 0.2) is 0 Å². The summed E-state index contributed by atoms with van der Waals surface area (Å²) in [5.74, 6) is -0.307. The standard InChI is InChI=1S/C13H25NO3/c1-3-4-5-6-7-11(2)17-12(15)13(14)8-9-16-10-13/h11H,3-10,14H2,1-2H3. The molecule has 0 saturated carbocycles. The average molecular weight is 243 g/mol. The van der Waals surface area contributed by atoms with Crippen LogP contribution in [0.4, 0.5) is 0 Å². The van der Waals surface area contributed by atoms with Crippen LogP contribution < -0.4 is 5.73 Å². The van der Waals surface area contributed by atoms with Crippen LogP contribution in [0.3, 0.4) is 0 Å². The molecule has 0 aromatic rings. The summed E-state index contributed by atoms with van der Waals surface area (Å²) in [5.41, 5.74) is 5.02. The first-order chi connectivity index (χ1) is 8.08. The van der Waals surface area contributed by atoms with Crippen molar-refractivity contribution >= 4 is 5.97 Å². The summed E-state index contributed by atoms with van der Waals surface area (Å²) >= 11 is 0. The highest BCUT2D eigenvalue weighted by atomic mass is 16.6. The molecular formula is C13H25NO3. The molecule has 2 unspecified atom stereocenters. The first-order valence-corrected chi connectivity index (χ1v) is 6.66. The zero-order chi connectivity index (χ0) is 12.7. The Kier molecular flexibility index (Phi) is 5.92. The number of esters is 1. The number of carbonyl (C=O) groups excluding carboxylic acids is 1. The highest BCUT2D eigenvalue weighted by Crippen LogP contribution is 2.19.